The number of allylic oxidation sites excluding steroid dienone is 8. The maximum atomic E-state index is 6.53. The van der Waals surface area contributed by atoms with Crippen molar-refractivity contribution in [1.82, 2.24) is 15.0 Å². The average molecular weight is 754 g/mol. The maximum Gasteiger partial charge on any atom is 0.167 e. The first kappa shape index (κ1) is 38.0. The standard InChI is InChI=1S/C54H47N3O/c1-7-20-36(37-22-12-11-13-23-37)32-35-48(54(5,6)10-4)53-56-51(55-52(57-53)47-31-19-30-45-44(21-8-2)49(9-3)58-50(45)47)46-34-33-43(41-27-16-17-28-42(41)46)40-29-18-25-38-24-14-15-26-39(38)40/h7-14,16-19,21-25,27-35H,1,3-4,15,20,26H2,2,5-6H3/b21-8-,36-32+,48-35-. The van der Waals surface area contributed by atoms with Crippen LogP contribution in [0.4, 0.5) is 0 Å². The van der Waals surface area contributed by atoms with Crippen molar-refractivity contribution in [2.45, 2.75) is 40.0 Å². The van der Waals surface area contributed by atoms with Gasteiger partial charge in [0.15, 0.2) is 17.5 Å². The lowest BCUT2D eigenvalue weighted by molar-refractivity contribution is 0.604. The Bertz CT molecular complexity index is 2840. The second kappa shape index (κ2) is 16.3. The van der Waals surface area contributed by atoms with Gasteiger partial charge in [0.25, 0.3) is 0 Å². The Balaban J connectivity index is 1.40. The number of hydrogen-bond donors (Lipinski definition) is 0. The summed E-state index contributed by atoms with van der Waals surface area (Å²) in [6.45, 7) is 18.7. The second-order valence-electron chi connectivity index (χ2n) is 15.2. The fraction of sp³-hybridized carbons (Fsp3) is 0.130. The zero-order valence-corrected chi connectivity index (χ0v) is 33.5. The summed E-state index contributed by atoms with van der Waals surface area (Å²) in [6.07, 6.45) is 21.3. The topological polar surface area (TPSA) is 51.8 Å². The van der Waals surface area contributed by atoms with Crippen molar-refractivity contribution in [2.24, 2.45) is 5.41 Å². The van der Waals surface area contributed by atoms with Crippen LogP contribution in [0.5, 0.6) is 0 Å². The highest BCUT2D eigenvalue weighted by molar-refractivity contribution is 6.05. The van der Waals surface area contributed by atoms with Crippen molar-refractivity contribution in [3.8, 4) is 33.9 Å². The van der Waals surface area contributed by atoms with Gasteiger partial charge in [0.05, 0.1) is 5.56 Å². The van der Waals surface area contributed by atoms with Crippen LogP contribution in [0.15, 0.2) is 164 Å². The molecule has 0 aliphatic heterocycles. The van der Waals surface area contributed by atoms with Crippen LogP contribution < -0.4 is 0 Å². The summed E-state index contributed by atoms with van der Waals surface area (Å²) < 4.78 is 6.53. The van der Waals surface area contributed by atoms with E-state index in [4.69, 9.17) is 19.4 Å². The number of fused-ring (bicyclic) bond motifs is 3. The molecule has 4 heteroatoms. The molecule has 0 saturated heterocycles. The Kier molecular flexibility index (Phi) is 10.7. The monoisotopic (exact) mass is 753 g/mol. The van der Waals surface area contributed by atoms with Crippen LogP contribution >= 0.6 is 0 Å². The Morgan fingerprint density at radius 3 is 2.16 bits per heavy atom. The highest BCUT2D eigenvalue weighted by Crippen LogP contribution is 2.42. The van der Waals surface area contributed by atoms with E-state index in [1.54, 1.807) is 6.08 Å². The molecule has 0 fully saturated rings. The van der Waals surface area contributed by atoms with E-state index in [-0.39, 0.29) is 0 Å². The van der Waals surface area contributed by atoms with Crippen LogP contribution in [0.1, 0.15) is 67.5 Å². The molecule has 0 saturated carbocycles. The first-order valence-electron chi connectivity index (χ1n) is 19.9. The summed E-state index contributed by atoms with van der Waals surface area (Å²) in [5.74, 6) is 2.35. The number of nitrogens with zero attached hydrogens (tertiary/aromatic N) is 3. The van der Waals surface area contributed by atoms with E-state index in [1.807, 2.05) is 43.4 Å². The van der Waals surface area contributed by atoms with Crippen LogP contribution in [-0.4, -0.2) is 15.0 Å². The van der Waals surface area contributed by atoms with Crippen molar-refractivity contribution in [3.05, 3.63) is 193 Å². The number of aromatic nitrogens is 3. The molecule has 0 spiro atoms. The van der Waals surface area contributed by atoms with Crippen molar-refractivity contribution in [2.75, 3.05) is 0 Å². The minimum Gasteiger partial charge on any atom is -0.455 e. The van der Waals surface area contributed by atoms with Gasteiger partial charge in [-0.15, -0.1) is 13.2 Å². The lowest BCUT2D eigenvalue weighted by atomic mass is 9.83. The molecule has 4 nitrogen and oxygen atoms in total. The smallest absolute Gasteiger partial charge is 0.167 e. The highest BCUT2D eigenvalue weighted by Gasteiger charge is 2.27. The summed E-state index contributed by atoms with van der Waals surface area (Å²) >= 11 is 0. The summed E-state index contributed by atoms with van der Waals surface area (Å²) in [6, 6.07) is 36.1. The molecule has 2 heterocycles. The summed E-state index contributed by atoms with van der Waals surface area (Å²) in [5, 5.41) is 3.18. The zero-order valence-electron chi connectivity index (χ0n) is 33.5. The van der Waals surface area contributed by atoms with Gasteiger partial charge in [-0.25, -0.2) is 15.0 Å². The van der Waals surface area contributed by atoms with Crippen LogP contribution in [-0.2, 0) is 6.42 Å². The molecule has 2 aromatic heterocycles. The van der Waals surface area contributed by atoms with Gasteiger partial charge in [0, 0.05) is 27.5 Å². The quantitative estimate of drug-likeness (QED) is 0.0921. The third-order valence-electron chi connectivity index (χ3n) is 11.1. The molecular formula is C54H47N3O. The SMILES string of the molecule is C=CC/C(=C\C=C(\c1nc(-c2ccc(-c3cccc4c3CCC=C4)c3ccccc23)nc(-c2cccc3c(/C=C\C)c(C=C)oc23)n1)C(C)(C)C=C)c1ccccc1. The molecular weight excluding hydrogens is 707 g/mol. The summed E-state index contributed by atoms with van der Waals surface area (Å²) in [4.78, 5) is 16.0. The van der Waals surface area contributed by atoms with Crippen molar-refractivity contribution < 1.29 is 4.42 Å². The molecule has 0 N–H and O–H groups in total. The minimum absolute atomic E-state index is 0.513. The number of furan rings is 1. The first-order valence-corrected chi connectivity index (χ1v) is 19.9. The number of benzene rings is 5. The van der Waals surface area contributed by atoms with Gasteiger partial charge in [-0.2, -0.15) is 0 Å². The average Bonchev–Trinajstić information content (AvgIpc) is 3.63. The Hall–Kier alpha value is -6.91. The Morgan fingerprint density at radius 2 is 1.41 bits per heavy atom. The van der Waals surface area contributed by atoms with Gasteiger partial charge in [-0.1, -0.05) is 160 Å². The Labute approximate surface area is 341 Å². The molecule has 0 atom stereocenters. The number of rotatable bonds is 12. The van der Waals surface area contributed by atoms with Crippen LogP contribution in [0.2, 0.25) is 0 Å². The lowest BCUT2D eigenvalue weighted by Crippen LogP contribution is -2.14. The minimum atomic E-state index is -0.513. The van der Waals surface area contributed by atoms with Gasteiger partial charge in [0.2, 0.25) is 0 Å². The highest BCUT2D eigenvalue weighted by atomic mass is 16.3. The van der Waals surface area contributed by atoms with Crippen molar-refractivity contribution >= 4 is 51.1 Å². The second-order valence-corrected chi connectivity index (χ2v) is 15.2. The molecule has 5 aromatic carbocycles. The predicted octanol–water partition coefficient (Wildman–Crippen LogP) is 14.7. The molecule has 0 amide bonds. The number of hydrogen-bond acceptors (Lipinski definition) is 4. The lowest BCUT2D eigenvalue weighted by Gasteiger charge is -2.24. The number of para-hydroxylation sites is 1. The van der Waals surface area contributed by atoms with Gasteiger partial charge in [-0.3, -0.25) is 0 Å². The van der Waals surface area contributed by atoms with Crippen molar-refractivity contribution in [1.29, 1.82) is 0 Å². The molecule has 0 bridgehead atoms. The van der Waals surface area contributed by atoms with E-state index in [0.29, 0.717) is 35.2 Å². The van der Waals surface area contributed by atoms with Gasteiger partial charge in [-0.05, 0) is 88.6 Å². The van der Waals surface area contributed by atoms with Crippen LogP contribution in [0, 0.1) is 5.41 Å². The third-order valence-corrected chi connectivity index (χ3v) is 11.1. The summed E-state index contributed by atoms with van der Waals surface area (Å²) in [7, 11) is 0. The fourth-order valence-corrected chi connectivity index (χ4v) is 7.98. The fourth-order valence-electron chi connectivity index (χ4n) is 7.98. The van der Waals surface area contributed by atoms with Crippen molar-refractivity contribution in [3.63, 3.8) is 0 Å². The van der Waals surface area contributed by atoms with E-state index >= 15 is 0 Å². The largest absolute Gasteiger partial charge is 0.455 e. The zero-order chi connectivity index (χ0) is 40.2. The predicted molar refractivity (Wildman–Crippen MR) is 247 cm³/mol. The van der Waals surface area contributed by atoms with Crippen LogP contribution in [0.25, 0.3) is 85.0 Å². The van der Waals surface area contributed by atoms with Gasteiger partial charge >= 0.3 is 0 Å². The third kappa shape index (κ3) is 7.14. The molecule has 1 aliphatic carbocycles. The van der Waals surface area contributed by atoms with E-state index in [2.05, 4.69) is 149 Å². The molecule has 7 aromatic rings. The van der Waals surface area contributed by atoms with Gasteiger partial charge < -0.3 is 4.42 Å². The molecule has 8 rings (SSSR count). The Morgan fingerprint density at radius 1 is 0.724 bits per heavy atom. The maximum absolute atomic E-state index is 6.53. The van der Waals surface area contributed by atoms with E-state index in [0.717, 1.165) is 62.4 Å². The first-order chi connectivity index (χ1) is 28.3. The molecule has 1 aliphatic rings. The van der Waals surface area contributed by atoms with Crippen LogP contribution in [0.3, 0.4) is 0 Å². The summed E-state index contributed by atoms with van der Waals surface area (Å²) in [5.41, 5.74) is 11.2. The molecule has 0 radical (unpaired) electrons. The van der Waals surface area contributed by atoms with E-state index < -0.39 is 5.41 Å². The van der Waals surface area contributed by atoms with Gasteiger partial charge in [0.1, 0.15) is 11.3 Å². The van der Waals surface area contributed by atoms with E-state index in [9.17, 15) is 0 Å². The molecule has 58 heavy (non-hydrogen) atoms. The molecule has 0 unspecified atom stereocenters. The molecule has 284 valence electrons. The van der Waals surface area contributed by atoms with E-state index in [1.165, 1.54) is 22.3 Å². The normalized spacial score (nSPS) is 13.3.